The lowest BCUT2D eigenvalue weighted by atomic mass is 9.99. The summed E-state index contributed by atoms with van der Waals surface area (Å²) < 4.78 is 68.4. The van der Waals surface area contributed by atoms with Crippen molar-refractivity contribution in [2.24, 2.45) is 17.8 Å². The molecule has 572 valence electrons. The number of unbranched alkanes of at least 4 members (excludes halogenated alkanes) is 38. The Morgan fingerprint density at radius 2 is 0.608 bits per heavy atom. The number of carbonyl (C=O) groups is 4. The molecule has 97 heavy (non-hydrogen) atoms. The number of phosphoric acid groups is 2. The predicted octanol–water partition coefficient (Wildman–Crippen LogP) is 22.5. The van der Waals surface area contributed by atoms with E-state index in [4.69, 9.17) is 37.0 Å². The van der Waals surface area contributed by atoms with Gasteiger partial charge < -0.3 is 33.8 Å². The molecule has 0 rings (SSSR count). The van der Waals surface area contributed by atoms with E-state index >= 15 is 0 Å². The normalized spacial score (nSPS) is 14.5. The maximum Gasteiger partial charge on any atom is 0.472 e. The molecule has 0 fully saturated rings. The molecule has 0 saturated carbocycles. The van der Waals surface area contributed by atoms with Crippen molar-refractivity contribution in [3.63, 3.8) is 0 Å². The molecule has 0 aliphatic rings. The molecule has 19 heteroatoms. The van der Waals surface area contributed by atoms with Crippen molar-refractivity contribution < 1.29 is 80.2 Å². The van der Waals surface area contributed by atoms with Crippen LogP contribution in [0.2, 0.25) is 0 Å². The van der Waals surface area contributed by atoms with Crippen LogP contribution in [0, 0.1) is 17.8 Å². The van der Waals surface area contributed by atoms with Gasteiger partial charge in [-0.25, -0.2) is 9.13 Å². The molecule has 17 nitrogen and oxygen atoms in total. The van der Waals surface area contributed by atoms with Gasteiger partial charge in [-0.15, -0.1) is 0 Å². The molecule has 0 spiro atoms. The van der Waals surface area contributed by atoms with Crippen molar-refractivity contribution >= 4 is 39.5 Å². The molecule has 3 N–H and O–H groups in total. The molecule has 0 bridgehead atoms. The first-order valence-corrected chi connectivity index (χ1v) is 42.7. The monoisotopic (exact) mass is 1420 g/mol. The molecule has 3 unspecified atom stereocenters. The number of aliphatic hydroxyl groups is 1. The van der Waals surface area contributed by atoms with Gasteiger partial charge >= 0.3 is 39.5 Å². The van der Waals surface area contributed by atoms with Crippen LogP contribution in [0.5, 0.6) is 0 Å². The van der Waals surface area contributed by atoms with Gasteiger partial charge in [0.2, 0.25) is 0 Å². The number of hydrogen-bond acceptors (Lipinski definition) is 15. The fraction of sp³-hybridized carbons (Fsp3) is 0.897. The van der Waals surface area contributed by atoms with E-state index in [-0.39, 0.29) is 25.7 Å². The van der Waals surface area contributed by atoms with E-state index < -0.39 is 97.5 Å². The van der Waals surface area contributed by atoms with Gasteiger partial charge in [0, 0.05) is 25.7 Å². The maximum absolute atomic E-state index is 13.1. The summed E-state index contributed by atoms with van der Waals surface area (Å²) in [5.41, 5.74) is 0. The minimum atomic E-state index is -4.96. The van der Waals surface area contributed by atoms with E-state index in [1.165, 1.54) is 167 Å². The zero-order valence-corrected chi connectivity index (χ0v) is 64.8. The SMILES string of the molecule is CCCCCC/C=C\C=C/CCCCCCCC(=O)O[C@H](COC(=O)CCCCCCCCC(C)C)COP(=O)(O)OC[C@H](O)COP(=O)(O)OC[C@@H](COC(=O)CCCCCCCCCCCCCCCCCCCCC(C)CC)OC(=O)CCCCCCCCCCC(C)C. The van der Waals surface area contributed by atoms with Crippen LogP contribution >= 0.6 is 15.6 Å². The number of hydrogen-bond donors (Lipinski definition) is 3. The van der Waals surface area contributed by atoms with E-state index in [1.807, 2.05) is 0 Å². The Morgan fingerprint density at radius 3 is 0.918 bits per heavy atom. The Morgan fingerprint density at radius 1 is 0.340 bits per heavy atom. The van der Waals surface area contributed by atoms with Crippen molar-refractivity contribution in [3.05, 3.63) is 24.3 Å². The van der Waals surface area contributed by atoms with Crippen molar-refractivity contribution in [2.75, 3.05) is 39.6 Å². The highest BCUT2D eigenvalue weighted by molar-refractivity contribution is 7.47. The van der Waals surface area contributed by atoms with Crippen LogP contribution in [0.1, 0.15) is 376 Å². The Hall–Kier alpha value is -2.46. The number of ether oxygens (including phenoxy) is 4. The summed E-state index contributed by atoms with van der Waals surface area (Å²) >= 11 is 0. The van der Waals surface area contributed by atoms with Gasteiger partial charge in [0.15, 0.2) is 12.2 Å². The highest BCUT2D eigenvalue weighted by Gasteiger charge is 2.30. The van der Waals surface area contributed by atoms with E-state index in [0.717, 1.165) is 115 Å². The van der Waals surface area contributed by atoms with Crippen molar-refractivity contribution in [2.45, 2.75) is 394 Å². The highest BCUT2D eigenvalue weighted by Crippen LogP contribution is 2.45. The van der Waals surface area contributed by atoms with Gasteiger partial charge in [0.25, 0.3) is 0 Å². The summed E-state index contributed by atoms with van der Waals surface area (Å²) in [6.45, 7) is 11.8. The number of carbonyl (C=O) groups excluding carboxylic acids is 4. The first-order valence-electron chi connectivity index (χ1n) is 39.7. The third-order valence-electron chi connectivity index (χ3n) is 17.9. The van der Waals surface area contributed by atoms with Crippen LogP contribution < -0.4 is 0 Å². The van der Waals surface area contributed by atoms with Gasteiger partial charge in [-0.2, -0.15) is 0 Å². The topological polar surface area (TPSA) is 237 Å². The fourth-order valence-corrected chi connectivity index (χ4v) is 13.0. The molecule has 0 aliphatic carbocycles. The zero-order valence-electron chi connectivity index (χ0n) is 63.0. The summed E-state index contributed by atoms with van der Waals surface area (Å²) in [7, 11) is -9.92. The second-order valence-corrected chi connectivity index (χ2v) is 31.5. The van der Waals surface area contributed by atoms with E-state index in [1.54, 1.807) is 0 Å². The number of phosphoric ester groups is 2. The van der Waals surface area contributed by atoms with Crippen LogP contribution in [0.3, 0.4) is 0 Å². The minimum absolute atomic E-state index is 0.0837. The van der Waals surface area contributed by atoms with E-state index in [0.29, 0.717) is 37.5 Å². The van der Waals surface area contributed by atoms with Crippen LogP contribution in [-0.4, -0.2) is 96.7 Å². The first kappa shape index (κ1) is 94.5. The third-order valence-corrected chi connectivity index (χ3v) is 19.8. The molecule has 0 radical (unpaired) electrons. The summed E-state index contributed by atoms with van der Waals surface area (Å²) in [6, 6.07) is 0. The Bertz CT molecular complexity index is 1980. The average Bonchev–Trinajstić information content (AvgIpc) is 1.66. The fourth-order valence-electron chi connectivity index (χ4n) is 11.4. The number of allylic oxidation sites excluding steroid dienone is 4. The minimum Gasteiger partial charge on any atom is -0.462 e. The molecule has 0 aliphatic heterocycles. The van der Waals surface area contributed by atoms with Crippen LogP contribution in [0.15, 0.2) is 24.3 Å². The first-order chi connectivity index (χ1) is 46.8. The molecular formula is C78H148O17P2. The molecule has 6 atom stereocenters. The van der Waals surface area contributed by atoms with Gasteiger partial charge in [-0.3, -0.25) is 37.3 Å². The summed E-state index contributed by atoms with van der Waals surface area (Å²) in [4.78, 5) is 72.7. The number of aliphatic hydroxyl groups excluding tert-OH is 1. The van der Waals surface area contributed by atoms with Crippen molar-refractivity contribution in [1.82, 2.24) is 0 Å². The molecule has 0 amide bonds. The largest absolute Gasteiger partial charge is 0.472 e. The lowest BCUT2D eigenvalue weighted by molar-refractivity contribution is -0.161. The molecule has 0 aromatic rings. The Balaban J connectivity index is 5.17. The number of rotatable bonds is 74. The predicted molar refractivity (Wildman–Crippen MR) is 395 cm³/mol. The van der Waals surface area contributed by atoms with E-state index in [2.05, 4.69) is 72.8 Å². The van der Waals surface area contributed by atoms with Crippen LogP contribution in [-0.2, 0) is 65.4 Å². The molecule has 0 saturated heterocycles. The van der Waals surface area contributed by atoms with Gasteiger partial charge in [-0.05, 0) is 69.1 Å². The standard InChI is InChI=1S/C78H148O17P2/c1-8-10-11-12-13-14-15-16-21-26-29-32-38-47-54-61-77(82)94-74(66-89-76(81)60-53-46-41-40-43-50-57-70(5)6)68-93-97(86,87)91-64-72(79)63-90-96(84,85)92-67-73(95-78(83)62-55-48-39-34-33-35-42-49-56-69(3)4)65-88-75(80)59-52-45-37-31-28-25-23-20-18-17-19-22-24-27-30-36-44-51-58-71(7)9-2/h14-16,21,69-74,79H,8-13,17-20,22-68H2,1-7H3,(H,84,85)(H,86,87)/b15-14-,21-16-/t71?,72-,73-,74-/m1/s1. The maximum atomic E-state index is 13.1. The second kappa shape index (κ2) is 68.0. The lowest BCUT2D eigenvalue weighted by Gasteiger charge is -2.21. The summed E-state index contributed by atoms with van der Waals surface area (Å²) in [5, 5.41) is 10.6. The van der Waals surface area contributed by atoms with E-state index in [9.17, 15) is 43.2 Å². The molecule has 0 aromatic heterocycles. The van der Waals surface area contributed by atoms with Crippen molar-refractivity contribution in [3.8, 4) is 0 Å². The Labute approximate surface area is 592 Å². The van der Waals surface area contributed by atoms with Gasteiger partial charge in [0.1, 0.15) is 19.3 Å². The second-order valence-electron chi connectivity index (χ2n) is 28.6. The summed E-state index contributed by atoms with van der Waals surface area (Å²) in [5.74, 6) is 0.113. The lowest BCUT2D eigenvalue weighted by Crippen LogP contribution is -2.30. The highest BCUT2D eigenvalue weighted by atomic mass is 31.2. The third kappa shape index (κ3) is 70.4. The molecule has 0 aromatic carbocycles. The van der Waals surface area contributed by atoms with Crippen molar-refractivity contribution in [1.29, 1.82) is 0 Å². The molecular weight excluding hydrogens is 1270 g/mol. The molecule has 0 heterocycles. The zero-order chi connectivity index (χ0) is 71.6. The smallest absolute Gasteiger partial charge is 0.462 e. The quantitative estimate of drug-likeness (QED) is 0.0169. The average molecular weight is 1420 g/mol. The van der Waals surface area contributed by atoms with Gasteiger partial charge in [0.05, 0.1) is 26.4 Å². The number of esters is 4. The summed E-state index contributed by atoms with van der Waals surface area (Å²) in [6.07, 6.45) is 58.0. The van der Waals surface area contributed by atoms with Crippen LogP contribution in [0.25, 0.3) is 0 Å². The Kier molecular flexibility index (Phi) is 66.3. The van der Waals surface area contributed by atoms with Gasteiger partial charge in [-0.1, -0.05) is 323 Å². The van der Waals surface area contributed by atoms with Crippen LogP contribution in [0.4, 0.5) is 0 Å².